The Morgan fingerprint density at radius 2 is 2.00 bits per heavy atom. The first kappa shape index (κ1) is 23.5. The third-order valence-electron chi connectivity index (χ3n) is 4.65. The summed E-state index contributed by atoms with van der Waals surface area (Å²) in [5.74, 6) is 3.71. The first-order valence-corrected chi connectivity index (χ1v) is 11.0. The van der Waals surface area contributed by atoms with Crippen LogP contribution in [0, 0.1) is 6.92 Å². The summed E-state index contributed by atoms with van der Waals surface area (Å²) in [6.07, 6.45) is 4.14. The van der Waals surface area contributed by atoms with Crippen LogP contribution in [0.25, 0.3) is 10.9 Å². The van der Waals surface area contributed by atoms with Crippen molar-refractivity contribution in [1.82, 2.24) is 30.4 Å². The van der Waals surface area contributed by atoms with Gasteiger partial charge in [-0.1, -0.05) is 18.2 Å². The Balaban J connectivity index is 0.00000300. The molecular formula is C20H30IN7S. The second-order valence-electron chi connectivity index (χ2n) is 6.72. The molecule has 29 heavy (non-hydrogen) atoms. The van der Waals surface area contributed by atoms with E-state index in [0.717, 1.165) is 49.3 Å². The van der Waals surface area contributed by atoms with E-state index in [1.807, 2.05) is 30.3 Å². The summed E-state index contributed by atoms with van der Waals surface area (Å²) in [6.45, 7) is 4.15. The molecule has 0 saturated heterocycles. The molecule has 0 saturated carbocycles. The maximum Gasteiger partial charge on any atom is 0.191 e. The van der Waals surface area contributed by atoms with Gasteiger partial charge >= 0.3 is 0 Å². The Morgan fingerprint density at radius 1 is 1.21 bits per heavy atom. The van der Waals surface area contributed by atoms with Crippen molar-refractivity contribution in [1.29, 1.82) is 0 Å². The maximum atomic E-state index is 4.69. The third-order valence-corrected chi connectivity index (χ3v) is 5.35. The minimum absolute atomic E-state index is 0. The molecule has 0 unspecified atom stereocenters. The third kappa shape index (κ3) is 6.91. The van der Waals surface area contributed by atoms with Crippen LogP contribution in [0.1, 0.15) is 23.8 Å². The number of guanidine groups is 1. The average molecular weight is 527 g/mol. The van der Waals surface area contributed by atoms with Crippen LogP contribution in [0.5, 0.6) is 0 Å². The number of aromatic nitrogens is 4. The molecule has 0 amide bonds. The number of aromatic amines is 1. The topological polar surface area (TPSA) is 82.9 Å². The Bertz CT molecular complexity index is 886. The molecular weight excluding hydrogens is 497 g/mol. The van der Waals surface area contributed by atoms with Crippen LogP contribution in [-0.2, 0) is 20.0 Å². The van der Waals surface area contributed by atoms with Gasteiger partial charge in [-0.3, -0.25) is 0 Å². The van der Waals surface area contributed by atoms with Crippen molar-refractivity contribution in [3.63, 3.8) is 0 Å². The predicted molar refractivity (Wildman–Crippen MR) is 133 cm³/mol. The molecule has 0 bridgehead atoms. The van der Waals surface area contributed by atoms with Gasteiger partial charge in [0.25, 0.3) is 0 Å². The molecule has 2 aromatic heterocycles. The maximum absolute atomic E-state index is 4.69. The Hall–Kier alpha value is -1.75. The zero-order chi connectivity index (χ0) is 19.8. The van der Waals surface area contributed by atoms with Crippen LogP contribution < -0.4 is 10.6 Å². The van der Waals surface area contributed by atoms with Gasteiger partial charge in [0.15, 0.2) is 11.8 Å². The molecule has 0 atom stereocenters. The van der Waals surface area contributed by atoms with Crippen molar-refractivity contribution in [2.75, 3.05) is 25.1 Å². The molecule has 3 N–H and O–H groups in total. The number of rotatable bonds is 9. The fourth-order valence-electron chi connectivity index (χ4n) is 2.92. The van der Waals surface area contributed by atoms with E-state index in [4.69, 9.17) is 4.99 Å². The molecule has 158 valence electrons. The number of aryl methyl sites for hydroxylation is 1. The second kappa shape index (κ2) is 12.1. The van der Waals surface area contributed by atoms with Crippen molar-refractivity contribution in [2.24, 2.45) is 12.0 Å². The summed E-state index contributed by atoms with van der Waals surface area (Å²) in [7, 11) is 1.97. The number of nitrogens with one attached hydrogen (secondary N) is 3. The highest BCUT2D eigenvalue weighted by Crippen LogP contribution is 2.14. The van der Waals surface area contributed by atoms with Gasteiger partial charge in [-0.2, -0.15) is 11.8 Å². The zero-order valence-electron chi connectivity index (χ0n) is 17.2. The number of H-pyrrole nitrogens is 1. The smallest absolute Gasteiger partial charge is 0.191 e. The molecule has 0 spiro atoms. The molecule has 2 heterocycles. The first-order valence-electron chi connectivity index (χ1n) is 9.60. The number of thioether (sulfide) groups is 1. The van der Waals surface area contributed by atoms with Crippen LogP contribution in [-0.4, -0.2) is 50.8 Å². The van der Waals surface area contributed by atoms with E-state index in [1.165, 1.54) is 16.6 Å². The molecule has 1 aromatic carbocycles. The minimum atomic E-state index is 0. The fourth-order valence-corrected chi connectivity index (χ4v) is 3.35. The summed E-state index contributed by atoms with van der Waals surface area (Å²) < 4.78 is 1.97. The molecule has 0 aliphatic carbocycles. The Kier molecular flexibility index (Phi) is 9.79. The summed E-state index contributed by atoms with van der Waals surface area (Å²) in [5.41, 5.74) is 2.40. The van der Waals surface area contributed by atoms with E-state index in [-0.39, 0.29) is 24.0 Å². The highest BCUT2D eigenvalue weighted by molar-refractivity contribution is 14.0. The van der Waals surface area contributed by atoms with Crippen molar-refractivity contribution >= 4 is 52.6 Å². The van der Waals surface area contributed by atoms with Gasteiger partial charge in [-0.05, 0) is 42.9 Å². The van der Waals surface area contributed by atoms with Crippen LogP contribution in [0.4, 0.5) is 0 Å². The zero-order valence-corrected chi connectivity index (χ0v) is 20.4. The van der Waals surface area contributed by atoms with Gasteiger partial charge in [0.1, 0.15) is 12.4 Å². The van der Waals surface area contributed by atoms with E-state index < -0.39 is 0 Å². The van der Waals surface area contributed by atoms with Gasteiger partial charge < -0.3 is 20.2 Å². The number of aliphatic imine (C=N–C) groups is 1. The summed E-state index contributed by atoms with van der Waals surface area (Å²) in [4.78, 5) is 8.17. The number of nitrogens with zero attached hydrogens (tertiary/aromatic N) is 4. The molecule has 0 aliphatic heterocycles. The molecule has 3 rings (SSSR count). The number of benzene rings is 1. The number of hydrogen-bond donors (Lipinski definition) is 3. The monoisotopic (exact) mass is 527 g/mol. The summed E-state index contributed by atoms with van der Waals surface area (Å²) in [5, 5.41) is 16.4. The van der Waals surface area contributed by atoms with E-state index in [1.54, 1.807) is 0 Å². The SMILES string of the molecule is CSCCCNC(=NCc1nnc(C)n1C)NCCc1cc2ccccc2[nH]1.I. The largest absolute Gasteiger partial charge is 0.358 e. The molecule has 0 aliphatic rings. The van der Waals surface area contributed by atoms with Gasteiger partial charge in [0.2, 0.25) is 0 Å². The molecule has 0 fully saturated rings. The number of halogens is 1. The summed E-state index contributed by atoms with van der Waals surface area (Å²) >= 11 is 1.86. The number of para-hydroxylation sites is 1. The van der Waals surface area contributed by atoms with Crippen molar-refractivity contribution in [3.8, 4) is 0 Å². The van der Waals surface area contributed by atoms with E-state index >= 15 is 0 Å². The minimum Gasteiger partial charge on any atom is -0.358 e. The average Bonchev–Trinajstić information content (AvgIpc) is 3.26. The van der Waals surface area contributed by atoms with Crippen LogP contribution in [0.15, 0.2) is 35.3 Å². The standard InChI is InChI=1S/C20H29N7S.HI/c1-15-25-26-19(27(15)2)14-23-20(21-10-6-12-28-3)22-11-9-17-13-16-7-4-5-8-18(16)24-17;/h4-5,7-8,13,24H,6,9-12,14H2,1-3H3,(H2,21,22,23);1H. The van der Waals surface area contributed by atoms with Gasteiger partial charge in [-0.25, -0.2) is 4.99 Å². The van der Waals surface area contributed by atoms with Gasteiger partial charge in [0.05, 0.1) is 0 Å². The first-order chi connectivity index (χ1) is 13.7. The number of hydrogen-bond acceptors (Lipinski definition) is 4. The lowest BCUT2D eigenvalue weighted by Crippen LogP contribution is -2.39. The molecule has 9 heteroatoms. The lowest BCUT2D eigenvalue weighted by molar-refractivity contribution is 0.740. The molecule has 0 radical (unpaired) electrons. The van der Waals surface area contributed by atoms with E-state index in [9.17, 15) is 0 Å². The van der Waals surface area contributed by atoms with Crippen molar-refractivity contribution in [2.45, 2.75) is 26.3 Å². The van der Waals surface area contributed by atoms with Crippen LogP contribution in [0.2, 0.25) is 0 Å². The quantitative estimate of drug-likeness (QED) is 0.172. The highest BCUT2D eigenvalue weighted by Gasteiger charge is 2.06. The Labute approximate surface area is 193 Å². The van der Waals surface area contributed by atoms with Gasteiger partial charge in [-0.15, -0.1) is 34.2 Å². The van der Waals surface area contributed by atoms with Crippen LogP contribution in [0.3, 0.4) is 0 Å². The van der Waals surface area contributed by atoms with E-state index in [2.05, 4.69) is 62.4 Å². The normalized spacial score (nSPS) is 11.5. The van der Waals surface area contributed by atoms with E-state index in [0.29, 0.717) is 6.54 Å². The van der Waals surface area contributed by atoms with Crippen LogP contribution >= 0.6 is 35.7 Å². The lowest BCUT2D eigenvalue weighted by atomic mass is 10.2. The predicted octanol–water partition coefficient (Wildman–Crippen LogP) is 3.25. The lowest BCUT2D eigenvalue weighted by Gasteiger charge is -2.12. The van der Waals surface area contributed by atoms with Crippen molar-refractivity contribution < 1.29 is 0 Å². The Morgan fingerprint density at radius 3 is 2.72 bits per heavy atom. The highest BCUT2D eigenvalue weighted by atomic mass is 127. The summed E-state index contributed by atoms with van der Waals surface area (Å²) in [6, 6.07) is 10.6. The van der Waals surface area contributed by atoms with Gasteiger partial charge in [0, 0.05) is 37.8 Å². The van der Waals surface area contributed by atoms with Crippen molar-refractivity contribution in [3.05, 3.63) is 47.7 Å². The second-order valence-corrected chi connectivity index (χ2v) is 7.70. The molecule has 7 nitrogen and oxygen atoms in total. The molecule has 3 aromatic rings. The number of fused-ring (bicyclic) bond motifs is 1. The fraction of sp³-hybridized carbons (Fsp3) is 0.450.